The van der Waals surface area contributed by atoms with Gasteiger partial charge in [0.1, 0.15) is 5.70 Å². The summed E-state index contributed by atoms with van der Waals surface area (Å²) >= 11 is 2.80. The van der Waals surface area contributed by atoms with Gasteiger partial charge in [-0.1, -0.05) is 54.6 Å². The van der Waals surface area contributed by atoms with E-state index in [0.29, 0.717) is 33.4 Å². The second-order valence-electron chi connectivity index (χ2n) is 10.1. The molecule has 0 aliphatic rings. The first kappa shape index (κ1) is 33.0. The summed E-state index contributed by atoms with van der Waals surface area (Å²) in [6.45, 7) is 1.98. The van der Waals surface area contributed by atoms with Crippen molar-refractivity contribution in [2.75, 3.05) is 30.6 Å². The first-order valence-electron chi connectivity index (χ1n) is 14.5. The number of aryl methyl sites for hydroxylation is 1. The van der Waals surface area contributed by atoms with Crippen molar-refractivity contribution in [3.05, 3.63) is 125 Å². The van der Waals surface area contributed by atoms with Gasteiger partial charge in [0.25, 0.3) is 11.8 Å². The minimum atomic E-state index is -0.516. The lowest BCUT2D eigenvalue weighted by atomic mass is 10.1. The minimum absolute atomic E-state index is 0.0361. The van der Waals surface area contributed by atoms with Crippen LogP contribution in [0.1, 0.15) is 20.8 Å². The highest BCUT2D eigenvalue weighted by molar-refractivity contribution is 8.00. The van der Waals surface area contributed by atoms with Crippen molar-refractivity contribution in [1.29, 1.82) is 0 Å². The fourth-order valence-corrected chi connectivity index (χ4v) is 6.05. The van der Waals surface area contributed by atoms with E-state index < -0.39 is 11.8 Å². The summed E-state index contributed by atoms with van der Waals surface area (Å²) in [5, 5.41) is 9.02. The van der Waals surface area contributed by atoms with Crippen LogP contribution in [0.4, 0.5) is 10.8 Å². The number of thioether (sulfide) groups is 1. The van der Waals surface area contributed by atoms with Gasteiger partial charge < -0.3 is 25.4 Å². The molecule has 5 rings (SSSR count). The third-order valence-corrected chi connectivity index (χ3v) is 8.72. The molecule has 0 atom stereocenters. The van der Waals surface area contributed by atoms with Crippen molar-refractivity contribution in [3.63, 3.8) is 0 Å². The zero-order valence-electron chi connectivity index (χ0n) is 25.9. The van der Waals surface area contributed by atoms with Crippen LogP contribution in [0.2, 0.25) is 0 Å². The van der Waals surface area contributed by atoms with Crippen LogP contribution in [0.25, 0.3) is 17.3 Å². The number of amides is 3. The fraction of sp³-hybridized carbons (Fsp3) is 0.111. The van der Waals surface area contributed by atoms with E-state index in [1.165, 1.54) is 37.3 Å². The number of benzene rings is 4. The number of ether oxygens (including phenoxy) is 2. The maximum atomic E-state index is 13.4. The SMILES string of the molecule is COc1ccc(/C=C(\NC(=O)c2ccccc2)C(=O)Nc2ccc(SCC(=O)Nc3nc(-c4ccccc4)c(C)s3)cc2)cc1OC. The standard InChI is InChI=1S/C36H32N4O5S2/c1-23-33(25-10-6-4-7-11-25)40-36(47-23)39-32(41)22-46-28-17-15-27(16-18-28)37-35(43)29(38-34(42)26-12-8-5-9-13-26)20-24-14-19-30(44-2)31(21-24)45-3/h4-21H,22H2,1-3H3,(H,37,43)(H,38,42)(H,39,40,41)/b29-20-. The molecule has 0 fully saturated rings. The minimum Gasteiger partial charge on any atom is -0.493 e. The number of hydrogen-bond donors (Lipinski definition) is 3. The smallest absolute Gasteiger partial charge is 0.272 e. The van der Waals surface area contributed by atoms with Crippen molar-refractivity contribution in [1.82, 2.24) is 10.3 Å². The normalized spacial score (nSPS) is 11.0. The molecule has 0 aliphatic heterocycles. The maximum Gasteiger partial charge on any atom is 0.272 e. The molecule has 0 bridgehead atoms. The Kier molecular flexibility index (Phi) is 11.1. The van der Waals surface area contributed by atoms with E-state index in [0.717, 1.165) is 21.0 Å². The van der Waals surface area contributed by atoms with Crippen LogP contribution < -0.4 is 25.4 Å². The summed E-state index contributed by atoms with van der Waals surface area (Å²) in [6, 6.07) is 30.8. The molecule has 0 saturated carbocycles. The van der Waals surface area contributed by atoms with E-state index in [1.54, 1.807) is 60.7 Å². The van der Waals surface area contributed by atoms with Crippen molar-refractivity contribution in [3.8, 4) is 22.8 Å². The predicted octanol–water partition coefficient (Wildman–Crippen LogP) is 7.28. The van der Waals surface area contributed by atoms with Crippen LogP contribution in [0.5, 0.6) is 11.5 Å². The van der Waals surface area contributed by atoms with Crippen molar-refractivity contribution in [2.45, 2.75) is 11.8 Å². The van der Waals surface area contributed by atoms with Gasteiger partial charge in [0, 0.05) is 26.6 Å². The highest BCUT2D eigenvalue weighted by atomic mass is 32.2. The molecular weight excluding hydrogens is 633 g/mol. The zero-order chi connectivity index (χ0) is 33.2. The summed E-state index contributed by atoms with van der Waals surface area (Å²) in [6.07, 6.45) is 1.56. The Labute approximate surface area is 281 Å². The van der Waals surface area contributed by atoms with Gasteiger partial charge >= 0.3 is 0 Å². The quantitative estimate of drug-likeness (QED) is 0.0948. The molecule has 238 valence electrons. The molecule has 0 aliphatic carbocycles. The predicted molar refractivity (Wildman–Crippen MR) is 188 cm³/mol. The summed E-state index contributed by atoms with van der Waals surface area (Å²) in [5.41, 5.74) is 3.45. The number of aromatic nitrogens is 1. The number of nitrogens with zero attached hydrogens (tertiary/aromatic N) is 1. The highest BCUT2D eigenvalue weighted by Crippen LogP contribution is 2.31. The molecule has 4 aromatic carbocycles. The molecule has 0 spiro atoms. The number of hydrogen-bond acceptors (Lipinski definition) is 8. The van der Waals surface area contributed by atoms with Crippen LogP contribution in [0.3, 0.4) is 0 Å². The van der Waals surface area contributed by atoms with Crippen LogP contribution in [0, 0.1) is 6.92 Å². The van der Waals surface area contributed by atoms with Crippen molar-refractivity contribution in [2.24, 2.45) is 0 Å². The summed E-state index contributed by atoms with van der Waals surface area (Å²) < 4.78 is 10.7. The number of carbonyl (C=O) groups excluding carboxylic acids is 3. The Balaban J connectivity index is 1.23. The Morgan fingerprint density at radius 1 is 0.830 bits per heavy atom. The molecular formula is C36H32N4O5S2. The average Bonchev–Trinajstić information content (AvgIpc) is 3.47. The number of thiazole rings is 1. The van der Waals surface area contributed by atoms with E-state index in [-0.39, 0.29) is 17.4 Å². The Morgan fingerprint density at radius 2 is 1.51 bits per heavy atom. The summed E-state index contributed by atoms with van der Waals surface area (Å²) in [5.74, 6) is 0.0964. The average molecular weight is 665 g/mol. The largest absolute Gasteiger partial charge is 0.493 e. The van der Waals surface area contributed by atoms with E-state index >= 15 is 0 Å². The Morgan fingerprint density at radius 3 is 2.19 bits per heavy atom. The zero-order valence-corrected chi connectivity index (χ0v) is 27.5. The monoisotopic (exact) mass is 664 g/mol. The van der Waals surface area contributed by atoms with Gasteiger partial charge in [0.05, 0.1) is 25.7 Å². The number of anilines is 2. The molecule has 3 N–H and O–H groups in total. The van der Waals surface area contributed by atoms with Gasteiger partial charge in [-0.05, 0) is 67.1 Å². The molecule has 1 aromatic heterocycles. The molecule has 0 unspecified atom stereocenters. The summed E-state index contributed by atoms with van der Waals surface area (Å²) in [7, 11) is 3.06. The van der Waals surface area contributed by atoms with Crippen LogP contribution in [-0.4, -0.2) is 42.7 Å². The van der Waals surface area contributed by atoms with Gasteiger partial charge in [-0.25, -0.2) is 4.98 Å². The lowest BCUT2D eigenvalue weighted by Gasteiger charge is -2.13. The molecule has 0 radical (unpaired) electrons. The van der Waals surface area contributed by atoms with Crippen LogP contribution in [0.15, 0.2) is 114 Å². The van der Waals surface area contributed by atoms with Crippen LogP contribution in [-0.2, 0) is 9.59 Å². The van der Waals surface area contributed by atoms with Gasteiger partial charge in [-0.3, -0.25) is 14.4 Å². The van der Waals surface area contributed by atoms with E-state index in [9.17, 15) is 14.4 Å². The molecule has 47 heavy (non-hydrogen) atoms. The second kappa shape index (κ2) is 15.7. The second-order valence-corrected chi connectivity index (χ2v) is 12.3. The lowest BCUT2D eigenvalue weighted by Crippen LogP contribution is -2.30. The van der Waals surface area contributed by atoms with Crippen LogP contribution >= 0.6 is 23.1 Å². The van der Waals surface area contributed by atoms with Crippen molar-refractivity contribution >= 4 is 57.7 Å². The summed E-state index contributed by atoms with van der Waals surface area (Å²) in [4.78, 5) is 45.6. The molecule has 9 nitrogen and oxygen atoms in total. The number of methoxy groups -OCH3 is 2. The topological polar surface area (TPSA) is 119 Å². The Bertz CT molecular complexity index is 1890. The molecule has 1 heterocycles. The molecule has 0 saturated heterocycles. The third-order valence-electron chi connectivity index (χ3n) is 6.82. The molecule has 11 heteroatoms. The van der Waals surface area contributed by atoms with E-state index in [1.807, 2.05) is 55.5 Å². The fourth-order valence-electron chi connectivity index (χ4n) is 4.50. The van der Waals surface area contributed by atoms with Gasteiger partial charge in [-0.2, -0.15) is 0 Å². The first-order valence-corrected chi connectivity index (χ1v) is 16.3. The third kappa shape index (κ3) is 8.87. The van der Waals surface area contributed by atoms with E-state index in [4.69, 9.17) is 9.47 Å². The maximum absolute atomic E-state index is 13.4. The van der Waals surface area contributed by atoms with Gasteiger partial charge in [0.15, 0.2) is 16.6 Å². The molecule has 5 aromatic rings. The Hall–Kier alpha value is -5.39. The lowest BCUT2D eigenvalue weighted by molar-refractivity contribution is -0.114. The first-order chi connectivity index (χ1) is 22.8. The van der Waals surface area contributed by atoms with Crippen molar-refractivity contribution < 1.29 is 23.9 Å². The van der Waals surface area contributed by atoms with E-state index in [2.05, 4.69) is 20.9 Å². The number of rotatable bonds is 12. The molecule has 3 amide bonds. The van der Waals surface area contributed by atoms with Gasteiger partial charge in [-0.15, -0.1) is 23.1 Å². The number of carbonyl (C=O) groups is 3. The van der Waals surface area contributed by atoms with Gasteiger partial charge in [0.2, 0.25) is 5.91 Å². The number of nitrogens with one attached hydrogen (secondary N) is 3. The highest BCUT2D eigenvalue weighted by Gasteiger charge is 2.17.